The Morgan fingerprint density at radius 2 is 1.38 bits per heavy atom. The summed E-state index contributed by atoms with van der Waals surface area (Å²) in [5.74, 6) is 1.26. The Hall–Kier alpha value is -3.90. The Kier molecular flexibility index (Phi) is 8.83. The van der Waals surface area contributed by atoms with E-state index in [1.165, 1.54) is 32.7 Å². The van der Waals surface area contributed by atoms with E-state index >= 15 is 0 Å². The van der Waals surface area contributed by atoms with Gasteiger partial charge in [0.1, 0.15) is 5.82 Å². The zero-order chi connectivity index (χ0) is 29.9. The van der Waals surface area contributed by atoms with Crippen molar-refractivity contribution in [3.63, 3.8) is 0 Å². The van der Waals surface area contributed by atoms with Crippen LogP contribution in [0.4, 0.5) is 5.69 Å². The van der Waals surface area contributed by atoms with Crippen molar-refractivity contribution in [3.8, 4) is 11.4 Å². The van der Waals surface area contributed by atoms with Gasteiger partial charge in [-0.1, -0.05) is 62.4 Å². The Bertz CT molecular complexity index is 1680. The predicted molar refractivity (Wildman–Crippen MR) is 178 cm³/mol. The minimum absolute atomic E-state index is 0.260. The number of fused-ring (bicyclic) bond motifs is 6. The van der Waals surface area contributed by atoms with E-state index in [0.717, 1.165) is 62.3 Å². The standard InChI is InChI=1S/C36H46N5O/c1-7-22-39(23-8-2)33(42)26-41(5,6)25-13-24-40-35-32-17-12-10-15-30(32)29-14-9-11-16-31(29)34(35)37-36(40)27-18-20-28(21-19-27)38(3)4/h9-12,14-21H,7-8,13,22-26H2,1-6H3/q+1. The molecule has 42 heavy (non-hydrogen) atoms. The number of nitrogens with zero attached hydrogens (tertiary/aromatic N) is 5. The van der Waals surface area contributed by atoms with Gasteiger partial charge in [0, 0.05) is 62.2 Å². The largest absolute Gasteiger partial charge is 0.378 e. The number of aromatic nitrogens is 2. The van der Waals surface area contributed by atoms with Gasteiger partial charge in [-0.2, -0.15) is 0 Å². The van der Waals surface area contributed by atoms with Gasteiger partial charge in [-0.3, -0.25) is 4.79 Å². The molecular formula is C36H46N5O+. The van der Waals surface area contributed by atoms with Crippen LogP contribution in [0.3, 0.4) is 0 Å². The maximum absolute atomic E-state index is 13.2. The monoisotopic (exact) mass is 564 g/mol. The van der Waals surface area contributed by atoms with Crippen LogP contribution in [0.5, 0.6) is 0 Å². The third-order valence-electron chi connectivity index (χ3n) is 8.31. The number of rotatable bonds is 12. The molecule has 0 aliphatic carbocycles. The molecule has 0 bridgehead atoms. The van der Waals surface area contributed by atoms with Crippen molar-refractivity contribution >= 4 is 44.2 Å². The first-order valence-electron chi connectivity index (χ1n) is 15.4. The van der Waals surface area contributed by atoms with Crippen LogP contribution in [0.15, 0.2) is 72.8 Å². The summed E-state index contributed by atoms with van der Waals surface area (Å²) < 4.78 is 3.10. The minimum atomic E-state index is 0.260. The number of carbonyl (C=O) groups is 1. The maximum Gasteiger partial charge on any atom is 0.277 e. The Balaban J connectivity index is 1.54. The van der Waals surface area contributed by atoms with Gasteiger partial charge in [0.25, 0.3) is 5.91 Å². The lowest BCUT2D eigenvalue weighted by molar-refractivity contribution is -0.883. The molecular weight excluding hydrogens is 518 g/mol. The summed E-state index contributed by atoms with van der Waals surface area (Å²) in [7, 11) is 8.50. The summed E-state index contributed by atoms with van der Waals surface area (Å²) in [6.45, 7) is 8.22. The first-order chi connectivity index (χ1) is 20.2. The number of hydrogen-bond donors (Lipinski definition) is 0. The van der Waals surface area contributed by atoms with Crippen molar-refractivity contribution in [1.29, 1.82) is 0 Å². The SMILES string of the molecule is CCCN(CCC)C(=O)C[N+](C)(C)CCCn1c(-c2ccc(N(C)C)cc2)nc2c3ccccc3c3ccccc3c21. The number of amides is 1. The Morgan fingerprint density at radius 1 is 0.810 bits per heavy atom. The number of benzene rings is 4. The average molecular weight is 565 g/mol. The molecule has 1 heterocycles. The molecule has 0 atom stereocenters. The summed E-state index contributed by atoms with van der Waals surface area (Å²) in [5, 5.41) is 4.91. The molecule has 5 aromatic rings. The molecule has 0 unspecified atom stereocenters. The van der Waals surface area contributed by atoms with E-state index in [9.17, 15) is 4.79 Å². The van der Waals surface area contributed by atoms with Gasteiger partial charge < -0.3 is 18.8 Å². The van der Waals surface area contributed by atoms with Crippen LogP contribution in [0.25, 0.3) is 44.0 Å². The van der Waals surface area contributed by atoms with Gasteiger partial charge in [0.15, 0.2) is 6.54 Å². The second-order valence-electron chi connectivity index (χ2n) is 12.4. The van der Waals surface area contributed by atoms with E-state index in [-0.39, 0.29) is 5.91 Å². The van der Waals surface area contributed by atoms with Crippen LogP contribution in [0.2, 0.25) is 0 Å². The molecule has 0 fully saturated rings. The minimum Gasteiger partial charge on any atom is -0.378 e. The lowest BCUT2D eigenvalue weighted by atomic mass is 10.00. The molecule has 6 heteroatoms. The third kappa shape index (κ3) is 6.00. The molecule has 4 aromatic carbocycles. The van der Waals surface area contributed by atoms with Crippen LogP contribution >= 0.6 is 0 Å². The fourth-order valence-corrected chi connectivity index (χ4v) is 6.21. The molecule has 0 N–H and O–H groups in total. The van der Waals surface area contributed by atoms with Gasteiger partial charge in [0.05, 0.1) is 31.7 Å². The topological polar surface area (TPSA) is 41.4 Å². The fourth-order valence-electron chi connectivity index (χ4n) is 6.21. The average Bonchev–Trinajstić information content (AvgIpc) is 3.36. The molecule has 1 amide bonds. The van der Waals surface area contributed by atoms with E-state index in [2.05, 4.69) is 124 Å². The zero-order valence-corrected chi connectivity index (χ0v) is 26.2. The van der Waals surface area contributed by atoms with Crippen molar-refractivity contribution < 1.29 is 9.28 Å². The lowest BCUT2D eigenvalue weighted by Crippen LogP contribution is -2.49. The highest BCUT2D eigenvalue weighted by Gasteiger charge is 2.25. The van der Waals surface area contributed by atoms with Crippen LogP contribution in [0, 0.1) is 0 Å². The van der Waals surface area contributed by atoms with Gasteiger partial charge in [-0.15, -0.1) is 0 Å². The molecule has 0 spiro atoms. The highest BCUT2D eigenvalue weighted by molar-refractivity contribution is 6.23. The molecule has 1 aromatic heterocycles. The molecule has 0 aliphatic rings. The molecule has 0 saturated carbocycles. The maximum atomic E-state index is 13.2. The first kappa shape index (κ1) is 29.6. The molecule has 6 nitrogen and oxygen atoms in total. The summed E-state index contributed by atoms with van der Waals surface area (Å²) in [6.07, 6.45) is 2.93. The number of quaternary nitrogens is 1. The van der Waals surface area contributed by atoms with Gasteiger partial charge >= 0.3 is 0 Å². The number of imidazole rings is 1. The van der Waals surface area contributed by atoms with Crippen LogP contribution in [-0.4, -0.2) is 79.2 Å². The summed E-state index contributed by atoms with van der Waals surface area (Å²) >= 11 is 0. The van der Waals surface area contributed by atoms with Crippen LogP contribution in [0.1, 0.15) is 33.1 Å². The summed E-state index contributed by atoms with van der Waals surface area (Å²) in [6, 6.07) is 26.0. The molecule has 0 radical (unpaired) electrons. The third-order valence-corrected chi connectivity index (χ3v) is 8.31. The van der Waals surface area contributed by atoms with E-state index in [4.69, 9.17) is 4.98 Å². The first-order valence-corrected chi connectivity index (χ1v) is 15.4. The Labute approximate surface area is 250 Å². The van der Waals surface area contributed by atoms with Crippen molar-refractivity contribution in [2.75, 3.05) is 59.3 Å². The lowest BCUT2D eigenvalue weighted by Gasteiger charge is -2.32. The zero-order valence-electron chi connectivity index (χ0n) is 26.2. The number of carbonyl (C=O) groups excluding carboxylic acids is 1. The highest BCUT2D eigenvalue weighted by Crippen LogP contribution is 2.37. The molecule has 0 aliphatic heterocycles. The fraction of sp³-hybridized carbons (Fsp3) is 0.389. The van der Waals surface area contributed by atoms with E-state index in [1.54, 1.807) is 0 Å². The van der Waals surface area contributed by atoms with Crippen molar-refractivity contribution in [3.05, 3.63) is 72.8 Å². The second kappa shape index (κ2) is 12.5. The van der Waals surface area contributed by atoms with Crippen molar-refractivity contribution in [1.82, 2.24) is 14.5 Å². The van der Waals surface area contributed by atoms with Gasteiger partial charge in [-0.05, 0) is 47.9 Å². The van der Waals surface area contributed by atoms with Crippen LogP contribution in [-0.2, 0) is 11.3 Å². The number of hydrogen-bond acceptors (Lipinski definition) is 3. The van der Waals surface area contributed by atoms with E-state index in [1.807, 2.05) is 4.90 Å². The number of aryl methyl sites for hydroxylation is 1. The quantitative estimate of drug-likeness (QED) is 0.119. The number of anilines is 1. The van der Waals surface area contributed by atoms with E-state index in [0.29, 0.717) is 11.0 Å². The second-order valence-corrected chi connectivity index (χ2v) is 12.4. The molecule has 0 saturated heterocycles. The smallest absolute Gasteiger partial charge is 0.277 e. The van der Waals surface area contributed by atoms with Gasteiger partial charge in [0.2, 0.25) is 0 Å². The highest BCUT2D eigenvalue weighted by atomic mass is 16.2. The predicted octanol–water partition coefficient (Wildman–Crippen LogP) is 7.19. The summed E-state index contributed by atoms with van der Waals surface area (Å²) in [4.78, 5) is 22.7. The van der Waals surface area contributed by atoms with Crippen molar-refractivity contribution in [2.24, 2.45) is 0 Å². The normalized spacial score (nSPS) is 12.0. The molecule has 220 valence electrons. The van der Waals surface area contributed by atoms with Gasteiger partial charge in [-0.25, -0.2) is 4.98 Å². The van der Waals surface area contributed by atoms with Crippen molar-refractivity contribution in [2.45, 2.75) is 39.7 Å². The van der Waals surface area contributed by atoms with Crippen LogP contribution < -0.4 is 4.90 Å². The Morgan fingerprint density at radius 3 is 1.98 bits per heavy atom. The molecule has 5 rings (SSSR count). The summed E-state index contributed by atoms with van der Waals surface area (Å²) in [5.41, 5.74) is 4.52. The van der Waals surface area contributed by atoms with E-state index < -0.39 is 0 Å². The number of likely N-dealkylation sites (N-methyl/N-ethyl adjacent to an activating group) is 1.